The van der Waals surface area contributed by atoms with Crippen LogP contribution in [0, 0.1) is 0 Å². The number of hydrogen-bond donors (Lipinski definition) is 2. The highest BCUT2D eigenvalue weighted by molar-refractivity contribution is 5.85. The summed E-state index contributed by atoms with van der Waals surface area (Å²) in [7, 11) is 0. The molecule has 1 saturated heterocycles. The smallest absolute Gasteiger partial charge is 0.328 e. The van der Waals surface area contributed by atoms with E-state index < -0.39 is 17.3 Å². The molecule has 0 spiro atoms. The van der Waals surface area contributed by atoms with E-state index in [-0.39, 0.29) is 11.3 Å². The summed E-state index contributed by atoms with van der Waals surface area (Å²) < 4.78 is 38.3. The zero-order valence-electron chi connectivity index (χ0n) is 11.3. The number of aromatic nitrogens is 1. The van der Waals surface area contributed by atoms with E-state index in [0.717, 1.165) is 43.6 Å². The van der Waals surface area contributed by atoms with Crippen LogP contribution in [0.25, 0.3) is 10.8 Å². The van der Waals surface area contributed by atoms with E-state index in [1.54, 1.807) is 6.20 Å². The maximum atomic E-state index is 12.8. The number of alkyl halides is 3. The number of hydrogen-bond acceptors (Lipinski definition) is 2. The SMILES string of the molecule is O=c1[nH]cc(C2CCNCC2)c2ccc(C(F)(F)F)cc12. The second-order valence-electron chi connectivity index (χ2n) is 5.36. The van der Waals surface area contributed by atoms with Gasteiger partial charge in [-0.1, -0.05) is 6.07 Å². The highest BCUT2D eigenvalue weighted by Gasteiger charge is 2.31. The molecule has 1 aromatic heterocycles. The largest absolute Gasteiger partial charge is 0.416 e. The van der Waals surface area contributed by atoms with Crippen molar-refractivity contribution in [3.63, 3.8) is 0 Å². The van der Waals surface area contributed by atoms with Gasteiger partial charge in [-0.05, 0) is 54.9 Å². The molecular formula is C15H15F3N2O. The third-order valence-corrected chi connectivity index (χ3v) is 4.04. The van der Waals surface area contributed by atoms with Gasteiger partial charge >= 0.3 is 6.18 Å². The zero-order chi connectivity index (χ0) is 15.0. The fourth-order valence-corrected chi connectivity index (χ4v) is 2.93. The average molecular weight is 296 g/mol. The van der Waals surface area contributed by atoms with Gasteiger partial charge in [0, 0.05) is 11.6 Å². The first-order valence-corrected chi connectivity index (χ1v) is 6.90. The molecule has 1 fully saturated rings. The molecular weight excluding hydrogens is 281 g/mol. The maximum absolute atomic E-state index is 12.8. The van der Waals surface area contributed by atoms with E-state index >= 15 is 0 Å². The molecule has 1 aromatic carbocycles. The minimum absolute atomic E-state index is 0.112. The lowest BCUT2D eigenvalue weighted by Crippen LogP contribution is -2.27. The minimum Gasteiger partial charge on any atom is -0.328 e. The molecule has 1 aliphatic heterocycles. The fourth-order valence-electron chi connectivity index (χ4n) is 2.93. The first-order valence-electron chi connectivity index (χ1n) is 6.90. The molecule has 3 rings (SSSR count). The summed E-state index contributed by atoms with van der Waals surface area (Å²) in [4.78, 5) is 14.4. The van der Waals surface area contributed by atoms with Crippen molar-refractivity contribution in [2.45, 2.75) is 24.9 Å². The Morgan fingerprint density at radius 2 is 1.81 bits per heavy atom. The Balaban J connectivity index is 2.15. The molecule has 0 amide bonds. The second-order valence-corrected chi connectivity index (χ2v) is 5.36. The van der Waals surface area contributed by atoms with E-state index in [2.05, 4.69) is 10.3 Å². The van der Waals surface area contributed by atoms with Crippen LogP contribution in [0.5, 0.6) is 0 Å². The molecule has 1 aliphatic rings. The Hall–Kier alpha value is -1.82. The Morgan fingerprint density at radius 3 is 2.48 bits per heavy atom. The number of pyridine rings is 1. The van der Waals surface area contributed by atoms with E-state index in [1.165, 1.54) is 6.07 Å². The average Bonchev–Trinajstić information content (AvgIpc) is 2.47. The Kier molecular flexibility index (Phi) is 3.49. The molecule has 0 unspecified atom stereocenters. The van der Waals surface area contributed by atoms with Crippen molar-refractivity contribution in [3.05, 3.63) is 45.9 Å². The van der Waals surface area contributed by atoms with Crippen LogP contribution in [0.2, 0.25) is 0 Å². The van der Waals surface area contributed by atoms with Gasteiger partial charge in [0.1, 0.15) is 0 Å². The minimum atomic E-state index is -4.44. The molecule has 0 radical (unpaired) electrons. The van der Waals surface area contributed by atoms with Crippen LogP contribution in [0.3, 0.4) is 0 Å². The molecule has 0 aliphatic carbocycles. The lowest BCUT2D eigenvalue weighted by Gasteiger charge is -2.24. The standard InChI is InChI=1S/C15H15F3N2O/c16-15(17,18)10-1-2-11-12(7-10)14(21)20-8-13(11)9-3-5-19-6-4-9/h1-2,7-9,19H,3-6H2,(H,20,21). The predicted octanol–water partition coefficient (Wildman–Crippen LogP) is 3.01. The molecule has 2 N–H and O–H groups in total. The summed E-state index contributed by atoms with van der Waals surface area (Å²) in [5.74, 6) is 0.266. The summed E-state index contributed by atoms with van der Waals surface area (Å²) >= 11 is 0. The van der Waals surface area contributed by atoms with Crippen molar-refractivity contribution in [3.8, 4) is 0 Å². The van der Waals surface area contributed by atoms with E-state index in [0.29, 0.717) is 5.39 Å². The van der Waals surface area contributed by atoms with Crippen LogP contribution in [0.15, 0.2) is 29.2 Å². The monoisotopic (exact) mass is 296 g/mol. The van der Waals surface area contributed by atoms with Crippen molar-refractivity contribution in [2.24, 2.45) is 0 Å². The van der Waals surface area contributed by atoms with Gasteiger partial charge in [-0.2, -0.15) is 13.2 Å². The molecule has 0 bridgehead atoms. The molecule has 3 nitrogen and oxygen atoms in total. The van der Waals surface area contributed by atoms with Crippen LogP contribution >= 0.6 is 0 Å². The van der Waals surface area contributed by atoms with Gasteiger partial charge in [0.15, 0.2) is 0 Å². The van der Waals surface area contributed by atoms with Gasteiger partial charge in [0.25, 0.3) is 5.56 Å². The van der Waals surface area contributed by atoms with E-state index in [1.807, 2.05) is 0 Å². The number of H-pyrrole nitrogens is 1. The summed E-state index contributed by atoms with van der Waals surface area (Å²) in [5, 5.41) is 3.99. The topological polar surface area (TPSA) is 44.9 Å². The number of aromatic amines is 1. The summed E-state index contributed by atoms with van der Waals surface area (Å²) in [6, 6.07) is 3.41. The van der Waals surface area contributed by atoms with Gasteiger partial charge in [-0.25, -0.2) is 0 Å². The highest BCUT2D eigenvalue weighted by Crippen LogP contribution is 2.34. The van der Waals surface area contributed by atoms with E-state index in [9.17, 15) is 18.0 Å². The third-order valence-electron chi connectivity index (χ3n) is 4.04. The molecule has 21 heavy (non-hydrogen) atoms. The molecule has 112 valence electrons. The van der Waals surface area contributed by atoms with Crippen molar-refractivity contribution >= 4 is 10.8 Å². The second kappa shape index (κ2) is 5.18. The maximum Gasteiger partial charge on any atom is 0.416 e. The zero-order valence-corrected chi connectivity index (χ0v) is 11.3. The van der Waals surface area contributed by atoms with Crippen LogP contribution in [-0.2, 0) is 6.18 Å². The Labute approximate surface area is 119 Å². The van der Waals surface area contributed by atoms with Crippen LogP contribution < -0.4 is 10.9 Å². The number of nitrogens with one attached hydrogen (secondary N) is 2. The van der Waals surface area contributed by atoms with Gasteiger partial charge in [-0.15, -0.1) is 0 Å². The number of benzene rings is 1. The van der Waals surface area contributed by atoms with Gasteiger partial charge in [-0.3, -0.25) is 4.79 Å². The quantitative estimate of drug-likeness (QED) is 0.849. The Bertz CT molecular complexity index is 715. The molecule has 2 heterocycles. The number of piperidine rings is 1. The van der Waals surface area contributed by atoms with Crippen LogP contribution in [0.1, 0.15) is 29.9 Å². The molecule has 2 aromatic rings. The van der Waals surface area contributed by atoms with E-state index in [4.69, 9.17) is 0 Å². The number of rotatable bonds is 1. The molecule has 0 atom stereocenters. The van der Waals surface area contributed by atoms with Crippen molar-refractivity contribution in [1.29, 1.82) is 0 Å². The summed E-state index contributed by atoms with van der Waals surface area (Å²) in [6.45, 7) is 1.76. The number of halogens is 3. The molecule has 6 heteroatoms. The van der Waals surface area contributed by atoms with Crippen molar-refractivity contribution in [2.75, 3.05) is 13.1 Å². The van der Waals surface area contributed by atoms with Gasteiger partial charge in [0.2, 0.25) is 0 Å². The first-order chi connectivity index (χ1) is 9.97. The summed E-state index contributed by atoms with van der Waals surface area (Å²) in [5.41, 5.74) is -0.337. The first kappa shape index (κ1) is 14.1. The third kappa shape index (κ3) is 2.68. The normalized spacial score (nSPS) is 17.3. The van der Waals surface area contributed by atoms with Gasteiger partial charge in [0.05, 0.1) is 5.56 Å². The predicted molar refractivity (Wildman–Crippen MR) is 74.4 cm³/mol. The fraction of sp³-hybridized carbons (Fsp3) is 0.400. The van der Waals surface area contributed by atoms with Crippen LogP contribution in [-0.4, -0.2) is 18.1 Å². The van der Waals surface area contributed by atoms with Crippen molar-refractivity contribution in [1.82, 2.24) is 10.3 Å². The highest BCUT2D eigenvalue weighted by atomic mass is 19.4. The summed E-state index contributed by atoms with van der Waals surface area (Å²) in [6.07, 6.45) is -0.955. The lowest BCUT2D eigenvalue weighted by atomic mass is 9.88. The Morgan fingerprint density at radius 1 is 1.10 bits per heavy atom. The molecule has 0 saturated carbocycles. The number of fused-ring (bicyclic) bond motifs is 1. The van der Waals surface area contributed by atoms with Crippen molar-refractivity contribution < 1.29 is 13.2 Å². The lowest BCUT2D eigenvalue weighted by molar-refractivity contribution is -0.137. The van der Waals surface area contributed by atoms with Gasteiger partial charge < -0.3 is 10.3 Å². The van der Waals surface area contributed by atoms with Crippen LogP contribution in [0.4, 0.5) is 13.2 Å².